The summed E-state index contributed by atoms with van der Waals surface area (Å²) >= 11 is 1.54. The number of alkyl halides is 3. The molecule has 2 aromatic rings. The molecule has 21 heavy (non-hydrogen) atoms. The predicted molar refractivity (Wildman–Crippen MR) is 77.6 cm³/mol. The van der Waals surface area contributed by atoms with Gasteiger partial charge in [-0.3, -0.25) is 0 Å². The highest BCUT2D eigenvalue weighted by Crippen LogP contribution is 2.34. The van der Waals surface area contributed by atoms with Crippen molar-refractivity contribution in [1.82, 2.24) is 0 Å². The highest BCUT2D eigenvalue weighted by atomic mass is 32.2. The molecule has 0 bridgehead atoms. The monoisotopic (exact) mass is 313 g/mol. The Labute approximate surface area is 125 Å². The summed E-state index contributed by atoms with van der Waals surface area (Å²) < 4.78 is 43.2. The van der Waals surface area contributed by atoms with E-state index < -0.39 is 11.7 Å². The Morgan fingerprint density at radius 2 is 1.76 bits per heavy atom. The van der Waals surface area contributed by atoms with E-state index in [-0.39, 0.29) is 0 Å². The molecule has 0 atom stereocenters. The minimum atomic E-state index is -4.35. The number of nitrogens with two attached hydrogens (primary N) is 1. The Morgan fingerprint density at radius 3 is 2.29 bits per heavy atom. The molecule has 0 radical (unpaired) electrons. The van der Waals surface area contributed by atoms with E-state index in [9.17, 15) is 13.2 Å². The van der Waals surface area contributed by atoms with Crippen LogP contribution in [0, 0.1) is 0 Å². The minimum absolute atomic E-state index is 0.299. The molecule has 0 fully saturated rings. The molecule has 2 nitrogen and oxygen atoms in total. The maximum absolute atomic E-state index is 12.5. The van der Waals surface area contributed by atoms with Crippen LogP contribution in [0.2, 0.25) is 0 Å². The van der Waals surface area contributed by atoms with E-state index in [1.54, 1.807) is 17.8 Å². The molecule has 0 saturated heterocycles. The van der Waals surface area contributed by atoms with Crippen LogP contribution in [0.4, 0.5) is 13.2 Å². The second kappa shape index (κ2) is 6.41. The first-order chi connectivity index (χ1) is 9.95. The van der Waals surface area contributed by atoms with Gasteiger partial charge in [0.1, 0.15) is 11.5 Å². The fourth-order valence-corrected chi connectivity index (χ4v) is 2.52. The van der Waals surface area contributed by atoms with E-state index in [1.807, 2.05) is 18.4 Å². The topological polar surface area (TPSA) is 35.2 Å². The molecule has 2 rings (SSSR count). The molecule has 0 spiro atoms. The summed E-state index contributed by atoms with van der Waals surface area (Å²) in [6, 6.07) is 10.1. The van der Waals surface area contributed by atoms with E-state index in [0.717, 1.165) is 22.6 Å². The second-order valence-electron chi connectivity index (χ2n) is 4.27. The first-order valence-corrected chi connectivity index (χ1v) is 7.39. The van der Waals surface area contributed by atoms with Crippen LogP contribution in [-0.2, 0) is 12.7 Å². The van der Waals surface area contributed by atoms with E-state index in [2.05, 4.69) is 0 Å². The van der Waals surface area contributed by atoms with Gasteiger partial charge in [-0.2, -0.15) is 13.2 Å². The van der Waals surface area contributed by atoms with Gasteiger partial charge in [0.25, 0.3) is 0 Å². The van der Waals surface area contributed by atoms with Crippen LogP contribution >= 0.6 is 11.8 Å². The SMILES string of the molecule is CSc1cccc(Oc2ccc(C(F)(F)F)cc2)c1CN. The van der Waals surface area contributed by atoms with Crippen molar-refractivity contribution >= 4 is 11.8 Å². The van der Waals surface area contributed by atoms with Gasteiger partial charge in [-0.1, -0.05) is 6.07 Å². The normalized spacial score (nSPS) is 11.5. The van der Waals surface area contributed by atoms with Gasteiger partial charge in [0.05, 0.1) is 5.56 Å². The molecule has 0 aromatic heterocycles. The second-order valence-corrected chi connectivity index (χ2v) is 5.11. The number of hydrogen-bond donors (Lipinski definition) is 1. The third-order valence-corrected chi connectivity index (χ3v) is 3.75. The van der Waals surface area contributed by atoms with Crippen molar-refractivity contribution in [3.05, 3.63) is 53.6 Å². The number of rotatable bonds is 4. The maximum atomic E-state index is 12.5. The summed E-state index contributed by atoms with van der Waals surface area (Å²) in [5.74, 6) is 0.903. The molecule has 0 aliphatic carbocycles. The fraction of sp³-hybridized carbons (Fsp3) is 0.200. The van der Waals surface area contributed by atoms with Crippen LogP contribution in [0.3, 0.4) is 0 Å². The van der Waals surface area contributed by atoms with Gasteiger partial charge in [-0.15, -0.1) is 11.8 Å². The Balaban J connectivity index is 2.26. The highest BCUT2D eigenvalue weighted by molar-refractivity contribution is 7.98. The van der Waals surface area contributed by atoms with Crippen molar-refractivity contribution in [2.45, 2.75) is 17.6 Å². The minimum Gasteiger partial charge on any atom is -0.457 e. The molecule has 6 heteroatoms. The summed E-state index contributed by atoms with van der Waals surface area (Å²) in [6.45, 7) is 0.299. The summed E-state index contributed by atoms with van der Waals surface area (Å²) in [6.07, 6.45) is -2.42. The first kappa shape index (κ1) is 15.7. The number of hydrogen-bond acceptors (Lipinski definition) is 3. The maximum Gasteiger partial charge on any atom is 0.416 e. The highest BCUT2D eigenvalue weighted by Gasteiger charge is 2.30. The Hall–Kier alpha value is -1.66. The Kier molecular flexibility index (Phi) is 4.80. The predicted octanol–water partition coefficient (Wildman–Crippen LogP) is 4.68. The lowest BCUT2D eigenvalue weighted by Gasteiger charge is -2.13. The summed E-state index contributed by atoms with van der Waals surface area (Å²) in [5, 5.41) is 0. The van der Waals surface area contributed by atoms with Gasteiger partial charge in [0.15, 0.2) is 0 Å². The van der Waals surface area contributed by atoms with Crippen LogP contribution in [-0.4, -0.2) is 6.26 Å². The molecular weight excluding hydrogens is 299 g/mol. The Morgan fingerprint density at radius 1 is 1.10 bits per heavy atom. The zero-order chi connectivity index (χ0) is 15.5. The summed E-state index contributed by atoms with van der Waals surface area (Å²) in [7, 11) is 0. The van der Waals surface area contributed by atoms with E-state index in [0.29, 0.717) is 18.0 Å². The molecule has 2 N–H and O–H groups in total. The molecule has 0 heterocycles. The molecule has 2 aromatic carbocycles. The van der Waals surface area contributed by atoms with E-state index >= 15 is 0 Å². The average Bonchev–Trinajstić information content (AvgIpc) is 2.46. The zero-order valence-electron chi connectivity index (χ0n) is 11.3. The van der Waals surface area contributed by atoms with Crippen molar-refractivity contribution in [3.8, 4) is 11.5 Å². The number of thioether (sulfide) groups is 1. The zero-order valence-corrected chi connectivity index (χ0v) is 12.1. The fourth-order valence-electron chi connectivity index (χ4n) is 1.87. The number of halogens is 3. The van der Waals surface area contributed by atoms with E-state index in [1.165, 1.54) is 12.1 Å². The van der Waals surface area contributed by atoms with Crippen LogP contribution in [0.15, 0.2) is 47.4 Å². The van der Waals surface area contributed by atoms with Crippen LogP contribution in [0.5, 0.6) is 11.5 Å². The van der Waals surface area contributed by atoms with Crippen LogP contribution in [0.25, 0.3) is 0 Å². The largest absolute Gasteiger partial charge is 0.457 e. The molecular formula is C15H14F3NOS. The van der Waals surface area contributed by atoms with Gasteiger partial charge >= 0.3 is 6.18 Å². The van der Waals surface area contributed by atoms with Gasteiger partial charge in [0, 0.05) is 17.0 Å². The third kappa shape index (κ3) is 3.71. The molecule has 0 aliphatic rings. The number of ether oxygens (including phenoxy) is 1. The lowest BCUT2D eigenvalue weighted by atomic mass is 10.2. The van der Waals surface area contributed by atoms with Gasteiger partial charge in [-0.05, 0) is 42.7 Å². The van der Waals surface area contributed by atoms with Crippen LogP contribution in [0.1, 0.15) is 11.1 Å². The molecule has 0 saturated carbocycles. The van der Waals surface area contributed by atoms with Crippen molar-refractivity contribution in [2.24, 2.45) is 5.73 Å². The standard InChI is InChI=1S/C15H14F3NOS/c1-21-14-4-2-3-13(12(14)9-19)20-11-7-5-10(6-8-11)15(16,17)18/h2-8H,9,19H2,1H3. The van der Waals surface area contributed by atoms with Gasteiger partial charge in [-0.25, -0.2) is 0 Å². The van der Waals surface area contributed by atoms with Crippen molar-refractivity contribution in [1.29, 1.82) is 0 Å². The number of benzene rings is 2. The summed E-state index contributed by atoms with van der Waals surface area (Å²) in [5.41, 5.74) is 5.86. The smallest absolute Gasteiger partial charge is 0.416 e. The van der Waals surface area contributed by atoms with Gasteiger partial charge in [0.2, 0.25) is 0 Å². The van der Waals surface area contributed by atoms with Crippen LogP contribution < -0.4 is 10.5 Å². The average molecular weight is 313 g/mol. The summed E-state index contributed by atoms with van der Waals surface area (Å²) in [4.78, 5) is 0.988. The van der Waals surface area contributed by atoms with Crippen molar-refractivity contribution in [3.63, 3.8) is 0 Å². The van der Waals surface area contributed by atoms with E-state index in [4.69, 9.17) is 10.5 Å². The van der Waals surface area contributed by atoms with Crippen molar-refractivity contribution < 1.29 is 17.9 Å². The first-order valence-electron chi connectivity index (χ1n) is 6.16. The van der Waals surface area contributed by atoms with Gasteiger partial charge < -0.3 is 10.5 Å². The molecule has 112 valence electrons. The lowest BCUT2D eigenvalue weighted by Crippen LogP contribution is -2.04. The lowest BCUT2D eigenvalue weighted by molar-refractivity contribution is -0.137. The molecule has 0 amide bonds. The van der Waals surface area contributed by atoms with Crippen molar-refractivity contribution in [2.75, 3.05) is 6.26 Å². The molecule has 0 aliphatic heterocycles. The Bertz CT molecular complexity index is 611. The third-order valence-electron chi connectivity index (χ3n) is 2.92. The molecule has 0 unspecified atom stereocenters. The quantitative estimate of drug-likeness (QED) is 0.833.